The molecule has 1 unspecified atom stereocenters. The van der Waals surface area contributed by atoms with Crippen LogP contribution in [0.1, 0.15) is 38.7 Å². The van der Waals surface area contributed by atoms with Gasteiger partial charge in [0.2, 0.25) is 0 Å². The van der Waals surface area contributed by atoms with E-state index in [1.54, 1.807) is 0 Å². The lowest BCUT2D eigenvalue weighted by Crippen LogP contribution is -2.43. The van der Waals surface area contributed by atoms with Crippen molar-refractivity contribution < 1.29 is 0 Å². The van der Waals surface area contributed by atoms with Gasteiger partial charge in [0.05, 0.1) is 5.54 Å². The summed E-state index contributed by atoms with van der Waals surface area (Å²) in [5.74, 6) is 0. The van der Waals surface area contributed by atoms with E-state index in [-0.39, 0.29) is 5.54 Å². The lowest BCUT2D eigenvalue weighted by molar-refractivity contribution is 0.351. The smallest absolute Gasteiger partial charge is 0.0501 e. The Labute approximate surface area is 105 Å². The molecule has 17 heavy (non-hydrogen) atoms. The number of aryl methyl sites for hydroxylation is 1. The van der Waals surface area contributed by atoms with E-state index in [1.165, 1.54) is 24.1 Å². The average molecular weight is 232 g/mol. The maximum atomic E-state index is 6.01. The summed E-state index contributed by atoms with van der Waals surface area (Å²) in [5.41, 5.74) is 9.00. The standard InChI is InChI=1S/C15H24N2/c1-12-4-6-13(7-5-12)17-15(11-16)9-8-14(2,3)10-15/h4-7,17H,8-11,16H2,1-3H3. The summed E-state index contributed by atoms with van der Waals surface area (Å²) >= 11 is 0. The molecular weight excluding hydrogens is 208 g/mol. The minimum Gasteiger partial charge on any atom is -0.378 e. The molecule has 0 spiro atoms. The summed E-state index contributed by atoms with van der Waals surface area (Å²) in [5, 5.41) is 3.66. The fraction of sp³-hybridized carbons (Fsp3) is 0.600. The van der Waals surface area contributed by atoms with Gasteiger partial charge in [0.15, 0.2) is 0 Å². The number of hydrogen-bond donors (Lipinski definition) is 2. The minimum absolute atomic E-state index is 0.0960. The molecule has 94 valence electrons. The third-order valence-corrected chi connectivity index (χ3v) is 3.95. The van der Waals surface area contributed by atoms with E-state index in [0.29, 0.717) is 12.0 Å². The van der Waals surface area contributed by atoms with Gasteiger partial charge in [-0.2, -0.15) is 0 Å². The molecule has 2 heteroatoms. The monoisotopic (exact) mass is 232 g/mol. The first-order valence-electron chi connectivity index (χ1n) is 6.50. The number of hydrogen-bond acceptors (Lipinski definition) is 2. The molecule has 1 aliphatic carbocycles. The van der Waals surface area contributed by atoms with Gasteiger partial charge in [0.25, 0.3) is 0 Å². The Bertz CT molecular complexity index is 380. The number of benzene rings is 1. The molecule has 0 aliphatic heterocycles. The van der Waals surface area contributed by atoms with Crippen LogP contribution in [0, 0.1) is 12.3 Å². The molecule has 0 bridgehead atoms. The lowest BCUT2D eigenvalue weighted by atomic mass is 9.87. The molecule has 1 aromatic carbocycles. The van der Waals surface area contributed by atoms with Crippen molar-refractivity contribution in [1.29, 1.82) is 0 Å². The van der Waals surface area contributed by atoms with Crippen LogP contribution in [0.15, 0.2) is 24.3 Å². The average Bonchev–Trinajstić information content (AvgIpc) is 2.59. The highest BCUT2D eigenvalue weighted by Crippen LogP contribution is 2.44. The molecule has 0 aromatic heterocycles. The summed E-state index contributed by atoms with van der Waals surface area (Å²) in [6.45, 7) is 7.49. The van der Waals surface area contributed by atoms with E-state index in [4.69, 9.17) is 5.73 Å². The Morgan fingerprint density at radius 2 is 1.82 bits per heavy atom. The highest BCUT2D eigenvalue weighted by atomic mass is 15.0. The normalized spacial score (nSPS) is 27.1. The van der Waals surface area contributed by atoms with Gasteiger partial charge in [-0.25, -0.2) is 0 Å². The van der Waals surface area contributed by atoms with Crippen LogP contribution in [0.3, 0.4) is 0 Å². The van der Waals surface area contributed by atoms with Gasteiger partial charge in [0.1, 0.15) is 0 Å². The van der Waals surface area contributed by atoms with Crippen LogP contribution < -0.4 is 11.1 Å². The number of rotatable bonds is 3. The Hall–Kier alpha value is -1.02. The van der Waals surface area contributed by atoms with Crippen molar-refractivity contribution in [2.45, 2.75) is 45.6 Å². The topological polar surface area (TPSA) is 38.0 Å². The third-order valence-electron chi connectivity index (χ3n) is 3.95. The molecule has 3 N–H and O–H groups in total. The van der Waals surface area contributed by atoms with Gasteiger partial charge in [-0.05, 0) is 43.7 Å². The highest BCUT2D eigenvalue weighted by Gasteiger charge is 2.42. The third kappa shape index (κ3) is 2.81. The molecule has 1 atom stereocenters. The SMILES string of the molecule is Cc1ccc(NC2(CN)CCC(C)(C)C2)cc1. The zero-order chi connectivity index (χ0) is 12.5. The molecule has 0 heterocycles. The summed E-state index contributed by atoms with van der Waals surface area (Å²) < 4.78 is 0. The van der Waals surface area contributed by atoms with Gasteiger partial charge in [0, 0.05) is 12.2 Å². The predicted octanol–water partition coefficient (Wildman–Crippen LogP) is 3.31. The van der Waals surface area contributed by atoms with Crippen molar-refractivity contribution in [3.63, 3.8) is 0 Å². The van der Waals surface area contributed by atoms with Crippen LogP contribution in [0.4, 0.5) is 5.69 Å². The second kappa shape index (κ2) is 4.34. The second-order valence-corrected chi connectivity index (χ2v) is 6.32. The molecule has 1 saturated carbocycles. The minimum atomic E-state index is 0.0960. The van der Waals surface area contributed by atoms with Crippen molar-refractivity contribution >= 4 is 5.69 Å². The lowest BCUT2D eigenvalue weighted by Gasteiger charge is -2.32. The van der Waals surface area contributed by atoms with Crippen LogP contribution in [-0.2, 0) is 0 Å². The fourth-order valence-corrected chi connectivity index (χ4v) is 2.95. The Morgan fingerprint density at radius 3 is 2.29 bits per heavy atom. The molecule has 1 aromatic rings. The van der Waals surface area contributed by atoms with Gasteiger partial charge in [-0.15, -0.1) is 0 Å². The summed E-state index contributed by atoms with van der Waals surface area (Å²) in [6, 6.07) is 8.59. The molecule has 2 rings (SSSR count). The zero-order valence-corrected chi connectivity index (χ0v) is 11.2. The van der Waals surface area contributed by atoms with E-state index < -0.39 is 0 Å². The summed E-state index contributed by atoms with van der Waals surface area (Å²) in [6.07, 6.45) is 3.58. The fourth-order valence-electron chi connectivity index (χ4n) is 2.95. The second-order valence-electron chi connectivity index (χ2n) is 6.32. The Balaban J connectivity index is 2.13. The van der Waals surface area contributed by atoms with Crippen LogP contribution in [-0.4, -0.2) is 12.1 Å². The van der Waals surface area contributed by atoms with Gasteiger partial charge >= 0.3 is 0 Å². The quantitative estimate of drug-likeness (QED) is 0.839. The van der Waals surface area contributed by atoms with Crippen molar-refractivity contribution in [2.75, 3.05) is 11.9 Å². The molecule has 0 amide bonds. The van der Waals surface area contributed by atoms with Gasteiger partial charge in [-0.1, -0.05) is 31.5 Å². The van der Waals surface area contributed by atoms with Gasteiger partial charge in [-0.3, -0.25) is 0 Å². The van der Waals surface area contributed by atoms with Crippen molar-refractivity contribution in [3.8, 4) is 0 Å². The Kier molecular flexibility index (Phi) is 3.17. The van der Waals surface area contributed by atoms with E-state index in [2.05, 4.69) is 50.4 Å². The van der Waals surface area contributed by atoms with Crippen molar-refractivity contribution in [2.24, 2.45) is 11.1 Å². The predicted molar refractivity (Wildman–Crippen MR) is 74.2 cm³/mol. The maximum Gasteiger partial charge on any atom is 0.0501 e. The largest absolute Gasteiger partial charge is 0.378 e. The summed E-state index contributed by atoms with van der Waals surface area (Å²) in [7, 11) is 0. The molecule has 0 radical (unpaired) electrons. The maximum absolute atomic E-state index is 6.01. The van der Waals surface area contributed by atoms with Gasteiger partial charge < -0.3 is 11.1 Å². The van der Waals surface area contributed by atoms with E-state index in [0.717, 1.165) is 6.42 Å². The Morgan fingerprint density at radius 1 is 1.18 bits per heavy atom. The number of nitrogens with two attached hydrogens (primary N) is 1. The molecule has 1 fully saturated rings. The molecular formula is C15H24N2. The first kappa shape index (κ1) is 12.4. The van der Waals surface area contributed by atoms with Crippen LogP contribution in [0.25, 0.3) is 0 Å². The van der Waals surface area contributed by atoms with Crippen LogP contribution >= 0.6 is 0 Å². The highest BCUT2D eigenvalue weighted by molar-refractivity contribution is 5.47. The van der Waals surface area contributed by atoms with E-state index in [1.807, 2.05) is 0 Å². The van der Waals surface area contributed by atoms with E-state index >= 15 is 0 Å². The summed E-state index contributed by atoms with van der Waals surface area (Å²) in [4.78, 5) is 0. The molecule has 2 nitrogen and oxygen atoms in total. The van der Waals surface area contributed by atoms with Crippen molar-refractivity contribution in [1.82, 2.24) is 0 Å². The van der Waals surface area contributed by atoms with E-state index in [9.17, 15) is 0 Å². The van der Waals surface area contributed by atoms with Crippen LogP contribution in [0.2, 0.25) is 0 Å². The number of nitrogens with one attached hydrogen (secondary N) is 1. The first-order valence-corrected chi connectivity index (χ1v) is 6.50. The first-order chi connectivity index (χ1) is 7.95. The zero-order valence-electron chi connectivity index (χ0n) is 11.2. The molecule has 0 saturated heterocycles. The van der Waals surface area contributed by atoms with Crippen molar-refractivity contribution in [3.05, 3.63) is 29.8 Å². The number of anilines is 1. The molecule has 1 aliphatic rings. The van der Waals surface area contributed by atoms with Crippen LogP contribution in [0.5, 0.6) is 0 Å².